The van der Waals surface area contributed by atoms with Crippen molar-refractivity contribution in [1.29, 1.82) is 0 Å². The van der Waals surface area contributed by atoms with Gasteiger partial charge in [0.25, 0.3) is 5.91 Å². The van der Waals surface area contributed by atoms with E-state index < -0.39 is 0 Å². The number of benzene rings is 2. The average Bonchev–Trinajstić information content (AvgIpc) is 3.04. The second-order valence-corrected chi connectivity index (χ2v) is 7.36. The zero-order chi connectivity index (χ0) is 21.7. The minimum atomic E-state index is -0.00946. The Hall–Kier alpha value is -3.28. The van der Waals surface area contributed by atoms with Crippen molar-refractivity contribution in [3.05, 3.63) is 76.6 Å². The summed E-state index contributed by atoms with van der Waals surface area (Å²) < 4.78 is 12.6. The molecule has 1 amide bonds. The number of rotatable bonds is 8. The predicted octanol–water partition coefficient (Wildman–Crippen LogP) is 3.88. The van der Waals surface area contributed by atoms with E-state index >= 15 is 0 Å². The standard InChI is InChI=1S/C24H29N3O3/c1-17-23(18(2)27(25-17)16-20-9-7-6-8-10-20)24(28)26(3)14-13-19-11-12-21(29-4)22(15-19)30-5/h6-12,15H,13-14,16H2,1-5H3. The van der Waals surface area contributed by atoms with Crippen LogP contribution in [0.4, 0.5) is 0 Å². The Kier molecular flexibility index (Phi) is 6.77. The first-order chi connectivity index (χ1) is 14.4. The second-order valence-electron chi connectivity index (χ2n) is 7.36. The Morgan fingerprint density at radius 1 is 1.00 bits per heavy atom. The van der Waals surface area contributed by atoms with Crippen molar-refractivity contribution in [2.45, 2.75) is 26.8 Å². The van der Waals surface area contributed by atoms with Crippen molar-refractivity contribution < 1.29 is 14.3 Å². The Bertz CT molecular complexity index is 1010. The molecule has 2 aromatic carbocycles. The van der Waals surface area contributed by atoms with Gasteiger partial charge in [-0.3, -0.25) is 9.48 Å². The molecule has 30 heavy (non-hydrogen) atoms. The molecular weight excluding hydrogens is 378 g/mol. The fourth-order valence-corrected chi connectivity index (χ4v) is 3.54. The van der Waals surface area contributed by atoms with Crippen LogP contribution in [0.25, 0.3) is 0 Å². The average molecular weight is 408 g/mol. The number of amides is 1. The number of carbonyl (C=O) groups is 1. The van der Waals surface area contributed by atoms with Crippen molar-refractivity contribution in [2.24, 2.45) is 0 Å². The van der Waals surface area contributed by atoms with Crippen LogP contribution in [0.2, 0.25) is 0 Å². The molecular formula is C24H29N3O3. The summed E-state index contributed by atoms with van der Waals surface area (Å²) in [4.78, 5) is 14.9. The van der Waals surface area contributed by atoms with E-state index in [1.165, 1.54) is 0 Å². The molecule has 0 N–H and O–H groups in total. The molecule has 6 heteroatoms. The summed E-state index contributed by atoms with van der Waals surface area (Å²) in [5.41, 5.74) is 4.57. The number of aryl methyl sites for hydroxylation is 1. The smallest absolute Gasteiger partial charge is 0.257 e. The minimum absolute atomic E-state index is 0.00946. The molecule has 1 heterocycles. The molecule has 6 nitrogen and oxygen atoms in total. The molecule has 1 aromatic heterocycles. The third-order valence-electron chi connectivity index (χ3n) is 5.30. The van der Waals surface area contributed by atoms with Gasteiger partial charge in [0, 0.05) is 19.3 Å². The van der Waals surface area contributed by atoms with E-state index in [0.29, 0.717) is 30.2 Å². The van der Waals surface area contributed by atoms with Crippen LogP contribution < -0.4 is 9.47 Å². The highest BCUT2D eigenvalue weighted by molar-refractivity contribution is 5.96. The SMILES string of the molecule is COc1ccc(CCN(C)C(=O)c2c(C)nn(Cc3ccccc3)c2C)cc1OC. The molecule has 0 saturated heterocycles. The Morgan fingerprint density at radius 3 is 2.37 bits per heavy atom. The molecule has 158 valence electrons. The van der Waals surface area contributed by atoms with Gasteiger partial charge < -0.3 is 14.4 Å². The van der Waals surface area contributed by atoms with Gasteiger partial charge in [-0.25, -0.2) is 0 Å². The molecule has 0 aliphatic heterocycles. The lowest BCUT2D eigenvalue weighted by Crippen LogP contribution is -2.29. The van der Waals surface area contributed by atoms with Crippen molar-refractivity contribution in [3.8, 4) is 11.5 Å². The fourth-order valence-electron chi connectivity index (χ4n) is 3.54. The summed E-state index contributed by atoms with van der Waals surface area (Å²) in [5, 5.41) is 4.61. The number of nitrogens with zero attached hydrogens (tertiary/aromatic N) is 3. The highest BCUT2D eigenvalue weighted by atomic mass is 16.5. The normalized spacial score (nSPS) is 10.7. The van der Waals surface area contributed by atoms with E-state index in [0.717, 1.165) is 28.9 Å². The number of ether oxygens (including phenoxy) is 2. The molecule has 0 spiro atoms. The van der Waals surface area contributed by atoms with Crippen LogP contribution in [0.3, 0.4) is 0 Å². The van der Waals surface area contributed by atoms with Crippen molar-refractivity contribution in [1.82, 2.24) is 14.7 Å². The zero-order valence-electron chi connectivity index (χ0n) is 18.3. The van der Waals surface area contributed by atoms with Crippen LogP contribution in [-0.4, -0.2) is 48.4 Å². The number of hydrogen-bond acceptors (Lipinski definition) is 4. The van der Waals surface area contributed by atoms with Crippen LogP contribution in [0, 0.1) is 13.8 Å². The maximum atomic E-state index is 13.1. The van der Waals surface area contributed by atoms with E-state index in [4.69, 9.17) is 9.47 Å². The number of likely N-dealkylation sites (N-methyl/N-ethyl adjacent to an activating group) is 1. The summed E-state index contributed by atoms with van der Waals surface area (Å²) in [6, 6.07) is 16.0. The Labute approximate surface area is 178 Å². The first-order valence-electron chi connectivity index (χ1n) is 9.99. The maximum absolute atomic E-state index is 13.1. The van der Waals surface area contributed by atoms with Crippen molar-refractivity contribution >= 4 is 5.91 Å². The van der Waals surface area contributed by atoms with Crippen LogP contribution in [-0.2, 0) is 13.0 Å². The van der Waals surface area contributed by atoms with Gasteiger partial charge in [-0.15, -0.1) is 0 Å². The zero-order valence-corrected chi connectivity index (χ0v) is 18.3. The van der Waals surface area contributed by atoms with Crippen LogP contribution in [0.1, 0.15) is 32.9 Å². The lowest BCUT2D eigenvalue weighted by atomic mass is 10.1. The largest absolute Gasteiger partial charge is 0.493 e. The van der Waals surface area contributed by atoms with E-state index in [1.807, 2.05) is 62.0 Å². The fraction of sp³-hybridized carbons (Fsp3) is 0.333. The van der Waals surface area contributed by atoms with Crippen LogP contribution in [0.15, 0.2) is 48.5 Å². The van der Waals surface area contributed by atoms with E-state index in [-0.39, 0.29) is 5.91 Å². The number of carbonyl (C=O) groups excluding carboxylic acids is 1. The number of methoxy groups -OCH3 is 2. The highest BCUT2D eigenvalue weighted by Gasteiger charge is 2.22. The number of aromatic nitrogens is 2. The van der Waals surface area contributed by atoms with Gasteiger partial charge in [-0.1, -0.05) is 36.4 Å². The highest BCUT2D eigenvalue weighted by Crippen LogP contribution is 2.27. The molecule has 0 unspecified atom stereocenters. The molecule has 0 bridgehead atoms. The van der Waals surface area contributed by atoms with E-state index in [2.05, 4.69) is 17.2 Å². The molecule has 0 radical (unpaired) electrons. The topological polar surface area (TPSA) is 56.6 Å². The molecule has 0 aliphatic carbocycles. The number of hydrogen-bond donors (Lipinski definition) is 0. The lowest BCUT2D eigenvalue weighted by molar-refractivity contribution is 0.0795. The van der Waals surface area contributed by atoms with Gasteiger partial charge in [0.1, 0.15) is 0 Å². The second kappa shape index (κ2) is 9.48. The first kappa shape index (κ1) is 21.4. The van der Waals surface area contributed by atoms with Gasteiger partial charge in [-0.2, -0.15) is 5.10 Å². The molecule has 0 aliphatic rings. The monoisotopic (exact) mass is 407 g/mol. The van der Waals surface area contributed by atoms with E-state index in [1.54, 1.807) is 19.1 Å². The summed E-state index contributed by atoms with van der Waals surface area (Å²) in [6.45, 7) is 5.09. The summed E-state index contributed by atoms with van der Waals surface area (Å²) in [7, 11) is 5.07. The summed E-state index contributed by atoms with van der Waals surface area (Å²) in [6.07, 6.45) is 0.721. The maximum Gasteiger partial charge on any atom is 0.257 e. The van der Waals surface area contributed by atoms with Gasteiger partial charge in [-0.05, 0) is 43.5 Å². The van der Waals surface area contributed by atoms with Gasteiger partial charge in [0.15, 0.2) is 11.5 Å². The minimum Gasteiger partial charge on any atom is -0.493 e. The summed E-state index contributed by atoms with van der Waals surface area (Å²) in [5.74, 6) is 1.38. The summed E-state index contributed by atoms with van der Waals surface area (Å²) >= 11 is 0. The first-order valence-corrected chi connectivity index (χ1v) is 9.99. The quantitative estimate of drug-likeness (QED) is 0.569. The molecule has 3 aromatic rings. The van der Waals surface area contributed by atoms with Crippen LogP contribution >= 0.6 is 0 Å². The molecule has 0 fully saturated rings. The van der Waals surface area contributed by atoms with Gasteiger partial charge in [0.2, 0.25) is 0 Å². The molecule has 0 saturated carbocycles. The van der Waals surface area contributed by atoms with Crippen LogP contribution in [0.5, 0.6) is 11.5 Å². The van der Waals surface area contributed by atoms with Crippen molar-refractivity contribution in [3.63, 3.8) is 0 Å². The van der Waals surface area contributed by atoms with Gasteiger partial charge in [0.05, 0.1) is 32.0 Å². The lowest BCUT2D eigenvalue weighted by Gasteiger charge is -2.18. The van der Waals surface area contributed by atoms with Crippen molar-refractivity contribution in [2.75, 3.05) is 27.8 Å². The predicted molar refractivity (Wildman–Crippen MR) is 117 cm³/mol. The van der Waals surface area contributed by atoms with Gasteiger partial charge >= 0.3 is 0 Å². The molecule has 3 rings (SSSR count). The Balaban J connectivity index is 1.70. The third kappa shape index (κ3) is 4.64. The third-order valence-corrected chi connectivity index (χ3v) is 5.30. The molecule has 0 atom stereocenters. The van der Waals surface area contributed by atoms with E-state index in [9.17, 15) is 4.79 Å². The Morgan fingerprint density at radius 2 is 1.70 bits per heavy atom.